The molecule has 0 spiro atoms. The molecule has 2 aliphatic heterocycles. The molecule has 2 saturated heterocycles. The number of ether oxygens (including phenoxy) is 1. The Morgan fingerprint density at radius 2 is 1.94 bits per heavy atom. The summed E-state index contributed by atoms with van der Waals surface area (Å²) in [6.07, 6.45) is -1.15. The number of halogens is 4. The minimum Gasteiger partial charge on any atom is -0.496 e. The zero-order valence-corrected chi connectivity index (χ0v) is 21.2. The molecule has 2 unspecified atom stereocenters. The summed E-state index contributed by atoms with van der Waals surface area (Å²) in [6.45, 7) is 5.22. The Kier molecular flexibility index (Phi) is 10.8. The summed E-state index contributed by atoms with van der Waals surface area (Å²) >= 11 is 0. The molecule has 2 atom stereocenters. The van der Waals surface area contributed by atoms with Gasteiger partial charge in [0, 0.05) is 31.2 Å². The van der Waals surface area contributed by atoms with Gasteiger partial charge in [0.05, 0.1) is 26.2 Å². The Hall–Kier alpha value is -1.27. The molecule has 0 amide bonds. The summed E-state index contributed by atoms with van der Waals surface area (Å²) in [5.74, 6) is 1.51. The lowest BCUT2D eigenvalue weighted by Gasteiger charge is -2.28. The van der Waals surface area contributed by atoms with Crippen LogP contribution < -0.4 is 15.4 Å². The lowest BCUT2D eigenvalue weighted by atomic mass is 10.0. The Bertz CT molecular complexity index is 728. The van der Waals surface area contributed by atoms with Gasteiger partial charge in [-0.15, -0.1) is 24.0 Å². The van der Waals surface area contributed by atoms with Gasteiger partial charge in [-0.05, 0) is 45.3 Å². The molecule has 2 heterocycles. The van der Waals surface area contributed by atoms with Crippen LogP contribution in [0.1, 0.15) is 37.8 Å². The second-order valence-corrected chi connectivity index (χ2v) is 8.20. The highest BCUT2D eigenvalue weighted by Crippen LogP contribution is 2.32. The third-order valence-electron chi connectivity index (χ3n) is 5.86. The predicted molar refractivity (Wildman–Crippen MR) is 132 cm³/mol. The number of hydrogen-bond donors (Lipinski definition) is 2. The van der Waals surface area contributed by atoms with E-state index in [9.17, 15) is 13.2 Å². The van der Waals surface area contributed by atoms with Crippen LogP contribution in [0.25, 0.3) is 0 Å². The normalized spacial score (nSPS) is 21.3. The van der Waals surface area contributed by atoms with E-state index in [1.807, 2.05) is 25.1 Å². The van der Waals surface area contributed by atoms with Crippen LogP contribution in [0.4, 0.5) is 13.2 Å². The molecule has 1 aromatic rings. The van der Waals surface area contributed by atoms with Crippen molar-refractivity contribution in [2.45, 2.75) is 44.4 Å². The molecule has 32 heavy (non-hydrogen) atoms. The van der Waals surface area contributed by atoms with Gasteiger partial charge in [-0.25, -0.2) is 0 Å². The predicted octanol–water partition coefficient (Wildman–Crippen LogP) is 3.64. The van der Waals surface area contributed by atoms with Crippen molar-refractivity contribution in [2.24, 2.45) is 4.99 Å². The van der Waals surface area contributed by atoms with E-state index in [2.05, 4.69) is 21.6 Å². The minimum atomic E-state index is -4.16. The first-order valence-corrected chi connectivity index (χ1v) is 11.1. The summed E-state index contributed by atoms with van der Waals surface area (Å²) in [4.78, 5) is 8.71. The molecule has 2 N–H and O–H groups in total. The average Bonchev–Trinajstić information content (AvgIpc) is 3.40. The number of nitrogens with one attached hydrogen (secondary N) is 2. The Labute approximate surface area is 206 Å². The van der Waals surface area contributed by atoms with E-state index >= 15 is 0 Å². The smallest absolute Gasteiger partial charge is 0.401 e. The van der Waals surface area contributed by atoms with Gasteiger partial charge < -0.3 is 15.4 Å². The molecule has 0 aliphatic carbocycles. The maximum absolute atomic E-state index is 12.7. The van der Waals surface area contributed by atoms with E-state index in [-0.39, 0.29) is 36.1 Å². The number of nitrogens with zero attached hydrogens (tertiary/aromatic N) is 3. The van der Waals surface area contributed by atoms with Crippen molar-refractivity contribution in [3.8, 4) is 5.75 Å². The van der Waals surface area contributed by atoms with Crippen molar-refractivity contribution in [3.63, 3.8) is 0 Å². The number of alkyl halides is 3. The minimum absolute atomic E-state index is 0. The highest BCUT2D eigenvalue weighted by molar-refractivity contribution is 14.0. The van der Waals surface area contributed by atoms with E-state index in [4.69, 9.17) is 9.73 Å². The first-order valence-electron chi connectivity index (χ1n) is 11.1. The maximum Gasteiger partial charge on any atom is 0.401 e. The van der Waals surface area contributed by atoms with Crippen molar-refractivity contribution >= 4 is 29.9 Å². The topological polar surface area (TPSA) is 52.1 Å². The van der Waals surface area contributed by atoms with Gasteiger partial charge in [0.1, 0.15) is 5.75 Å². The molecule has 1 aromatic carbocycles. The molecular formula is C22H35F3IN5O. The molecule has 0 saturated carbocycles. The average molecular weight is 569 g/mol. The number of methoxy groups -OCH3 is 1. The van der Waals surface area contributed by atoms with Gasteiger partial charge in [-0.3, -0.25) is 14.8 Å². The SMILES string of the molecule is CCNC(=NCC(c1ccccc1OC)N1CCCC1)NC1CCN(CC(F)(F)F)C1.I. The fraction of sp³-hybridized carbons (Fsp3) is 0.682. The van der Waals surface area contributed by atoms with Gasteiger partial charge in [0.2, 0.25) is 0 Å². The largest absolute Gasteiger partial charge is 0.496 e. The first-order chi connectivity index (χ1) is 14.9. The molecule has 182 valence electrons. The zero-order chi connectivity index (χ0) is 22.3. The van der Waals surface area contributed by atoms with Crippen LogP contribution in [-0.2, 0) is 0 Å². The van der Waals surface area contributed by atoms with E-state index in [1.165, 1.54) is 17.7 Å². The van der Waals surface area contributed by atoms with E-state index in [0.717, 1.165) is 24.4 Å². The highest BCUT2D eigenvalue weighted by atomic mass is 127. The van der Waals surface area contributed by atoms with Gasteiger partial charge in [0.25, 0.3) is 0 Å². The van der Waals surface area contributed by atoms with E-state index in [1.54, 1.807) is 7.11 Å². The van der Waals surface area contributed by atoms with Gasteiger partial charge in [-0.2, -0.15) is 13.2 Å². The van der Waals surface area contributed by atoms with Gasteiger partial charge in [-0.1, -0.05) is 18.2 Å². The second kappa shape index (κ2) is 12.8. The number of benzene rings is 1. The van der Waals surface area contributed by atoms with Crippen molar-refractivity contribution in [2.75, 3.05) is 52.9 Å². The number of guanidine groups is 1. The van der Waals surface area contributed by atoms with Crippen LogP contribution in [0.2, 0.25) is 0 Å². The first kappa shape index (κ1) is 27.0. The second-order valence-electron chi connectivity index (χ2n) is 8.20. The standard InChI is InChI=1S/C22H34F3N5O.HI/c1-3-26-21(28-17-10-13-29(15-17)16-22(23,24)25)27-14-19(30-11-6-7-12-30)18-8-4-5-9-20(18)31-2;/h4-5,8-9,17,19H,3,6-7,10-16H2,1-2H3,(H2,26,27,28);1H. The molecule has 0 radical (unpaired) electrons. The zero-order valence-electron chi connectivity index (χ0n) is 18.8. The number of likely N-dealkylation sites (tertiary alicyclic amines) is 2. The van der Waals surface area contributed by atoms with Crippen molar-refractivity contribution < 1.29 is 17.9 Å². The third kappa shape index (κ3) is 7.95. The van der Waals surface area contributed by atoms with Gasteiger partial charge in [0.15, 0.2) is 5.96 Å². The maximum atomic E-state index is 12.7. The van der Waals surface area contributed by atoms with Crippen LogP contribution in [0, 0.1) is 0 Å². The van der Waals surface area contributed by atoms with Crippen molar-refractivity contribution in [1.82, 2.24) is 20.4 Å². The molecule has 2 aliphatic rings. The lowest BCUT2D eigenvalue weighted by Crippen LogP contribution is -2.45. The summed E-state index contributed by atoms with van der Waals surface area (Å²) < 4.78 is 43.7. The van der Waals surface area contributed by atoms with Crippen molar-refractivity contribution in [3.05, 3.63) is 29.8 Å². The molecular weight excluding hydrogens is 534 g/mol. The number of rotatable bonds is 8. The Morgan fingerprint density at radius 3 is 2.59 bits per heavy atom. The highest BCUT2D eigenvalue weighted by Gasteiger charge is 2.34. The molecule has 0 bridgehead atoms. The molecule has 2 fully saturated rings. The van der Waals surface area contributed by atoms with Gasteiger partial charge >= 0.3 is 6.18 Å². The summed E-state index contributed by atoms with van der Waals surface area (Å²) in [7, 11) is 1.68. The van der Waals surface area contributed by atoms with Crippen LogP contribution in [0.15, 0.2) is 29.3 Å². The Morgan fingerprint density at radius 1 is 1.22 bits per heavy atom. The molecule has 6 nitrogen and oxygen atoms in total. The van der Waals surface area contributed by atoms with E-state index in [0.29, 0.717) is 38.6 Å². The Balaban J connectivity index is 0.00000363. The van der Waals surface area contributed by atoms with Crippen LogP contribution in [0.3, 0.4) is 0 Å². The molecule has 10 heteroatoms. The summed E-state index contributed by atoms with van der Waals surface area (Å²) in [6, 6.07) is 8.09. The third-order valence-corrected chi connectivity index (χ3v) is 5.86. The quantitative estimate of drug-likeness (QED) is 0.285. The van der Waals surface area contributed by atoms with Crippen LogP contribution in [0.5, 0.6) is 5.75 Å². The number of aliphatic imine (C=N–C) groups is 1. The van der Waals surface area contributed by atoms with Crippen molar-refractivity contribution in [1.29, 1.82) is 0 Å². The summed E-state index contributed by atoms with van der Waals surface area (Å²) in [5, 5.41) is 6.59. The number of para-hydroxylation sites is 1. The molecule has 3 rings (SSSR count). The van der Waals surface area contributed by atoms with Crippen LogP contribution >= 0.6 is 24.0 Å². The lowest BCUT2D eigenvalue weighted by molar-refractivity contribution is -0.143. The molecule has 0 aromatic heterocycles. The van der Waals surface area contributed by atoms with E-state index < -0.39 is 12.7 Å². The number of hydrogen-bond acceptors (Lipinski definition) is 4. The summed E-state index contributed by atoms with van der Waals surface area (Å²) in [5.41, 5.74) is 1.11. The monoisotopic (exact) mass is 569 g/mol. The van der Waals surface area contributed by atoms with Crippen LogP contribution in [-0.4, -0.2) is 80.9 Å². The fourth-order valence-corrected chi connectivity index (χ4v) is 4.44. The fourth-order valence-electron chi connectivity index (χ4n) is 4.44.